The van der Waals surface area contributed by atoms with Gasteiger partial charge in [0.25, 0.3) is 11.5 Å². The number of aromatic nitrogens is 3. The summed E-state index contributed by atoms with van der Waals surface area (Å²) in [6.45, 7) is 2.81. The molecule has 0 unspecified atom stereocenters. The molecule has 1 fully saturated rings. The van der Waals surface area contributed by atoms with Crippen LogP contribution in [0.1, 0.15) is 30.1 Å². The molecule has 2 N–H and O–H groups in total. The number of hydrogen-bond donors (Lipinski definition) is 2. The van der Waals surface area contributed by atoms with Gasteiger partial charge >= 0.3 is 0 Å². The van der Waals surface area contributed by atoms with E-state index in [1.807, 2.05) is 30.3 Å². The van der Waals surface area contributed by atoms with Crippen LogP contribution in [0.4, 0.5) is 0 Å². The minimum atomic E-state index is -0.280. The van der Waals surface area contributed by atoms with Crippen molar-refractivity contribution < 1.29 is 9.59 Å². The number of hydrogen-bond acceptors (Lipinski definition) is 4. The third kappa shape index (κ3) is 3.40. The summed E-state index contributed by atoms with van der Waals surface area (Å²) < 4.78 is 1.26. The van der Waals surface area contributed by atoms with Crippen molar-refractivity contribution in [3.05, 3.63) is 58.5 Å². The van der Waals surface area contributed by atoms with Crippen molar-refractivity contribution >= 4 is 17.5 Å². The summed E-state index contributed by atoms with van der Waals surface area (Å²) in [7, 11) is 0. The number of amides is 2. The molecular formula is C20H21N5O3. The molecule has 0 radical (unpaired) electrons. The fraction of sp³-hybridized carbons (Fsp3) is 0.300. The zero-order chi connectivity index (χ0) is 19.7. The summed E-state index contributed by atoms with van der Waals surface area (Å²) >= 11 is 0. The van der Waals surface area contributed by atoms with Crippen molar-refractivity contribution in [2.45, 2.75) is 25.8 Å². The highest BCUT2D eigenvalue weighted by molar-refractivity contribution is 6.00. The largest absolute Gasteiger partial charge is 0.349 e. The predicted molar refractivity (Wildman–Crippen MR) is 104 cm³/mol. The molecular weight excluding hydrogens is 358 g/mol. The zero-order valence-electron chi connectivity index (χ0n) is 15.5. The van der Waals surface area contributed by atoms with Crippen LogP contribution in [-0.2, 0) is 4.79 Å². The second-order valence-corrected chi connectivity index (χ2v) is 6.95. The third-order valence-corrected chi connectivity index (χ3v) is 5.09. The molecule has 28 heavy (non-hydrogen) atoms. The van der Waals surface area contributed by atoms with E-state index in [2.05, 4.69) is 15.4 Å². The summed E-state index contributed by atoms with van der Waals surface area (Å²) in [5.41, 5.74) is 1.67. The van der Waals surface area contributed by atoms with Gasteiger partial charge in [0.1, 0.15) is 5.56 Å². The van der Waals surface area contributed by atoms with Crippen LogP contribution in [-0.4, -0.2) is 50.4 Å². The van der Waals surface area contributed by atoms with Crippen molar-refractivity contribution in [2.24, 2.45) is 0 Å². The van der Waals surface area contributed by atoms with Gasteiger partial charge in [-0.3, -0.25) is 19.5 Å². The molecule has 0 bridgehead atoms. The Morgan fingerprint density at radius 1 is 1.18 bits per heavy atom. The number of rotatable bonds is 3. The Hall–Kier alpha value is -3.42. The number of likely N-dealkylation sites (tertiary alicyclic amines) is 1. The number of fused-ring (bicyclic) bond motifs is 1. The van der Waals surface area contributed by atoms with E-state index in [9.17, 15) is 14.4 Å². The van der Waals surface area contributed by atoms with E-state index in [0.717, 1.165) is 5.56 Å². The van der Waals surface area contributed by atoms with Crippen molar-refractivity contribution in [3.8, 4) is 11.3 Å². The Morgan fingerprint density at radius 2 is 1.89 bits per heavy atom. The first kappa shape index (κ1) is 18.0. The maximum atomic E-state index is 12.8. The van der Waals surface area contributed by atoms with Crippen LogP contribution >= 0.6 is 0 Å². The second kappa shape index (κ2) is 7.30. The lowest BCUT2D eigenvalue weighted by molar-refractivity contribution is -0.129. The number of benzene rings is 1. The molecule has 8 heteroatoms. The summed E-state index contributed by atoms with van der Waals surface area (Å²) in [6, 6.07) is 10.8. The molecule has 144 valence electrons. The Kier molecular flexibility index (Phi) is 4.68. The highest BCUT2D eigenvalue weighted by Gasteiger charge is 2.24. The summed E-state index contributed by atoms with van der Waals surface area (Å²) in [6.07, 6.45) is 2.91. The molecule has 0 saturated carbocycles. The molecule has 1 aliphatic rings. The zero-order valence-corrected chi connectivity index (χ0v) is 15.5. The van der Waals surface area contributed by atoms with Crippen molar-refractivity contribution in [3.63, 3.8) is 0 Å². The molecule has 3 heterocycles. The van der Waals surface area contributed by atoms with E-state index in [4.69, 9.17) is 0 Å². The van der Waals surface area contributed by atoms with Crippen LogP contribution in [0.15, 0.2) is 47.4 Å². The molecule has 1 saturated heterocycles. The van der Waals surface area contributed by atoms with Gasteiger partial charge in [-0.1, -0.05) is 30.3 Å². The standard InChI is InChI=1S/C20H21N5O3/c1-13(26)24-9-7-15(8-10-24)22-20(28)16-12-21-25-18(27)11-17(23-19(16)25)14-5-3-2-4-6-14/h2-6,11-12,15,21H,7-10H2,1H3,(H,22,28). The fourth-order valence-electron chi connectivity index (χ4n) is 3.51. The quantitative estimate of drug-likeness (QED) is 0.719. The van der Waals surface area contributed by atoms with Gasteiger partial charge in [-0.15, -0.1) is 0 Å². The Balaban J connectivity index is 1.59. The van der Waals surface area contributed by atoms with E-state index in [1.165, 1.54) is 16.8 Å². The molecule has 2 amide bonds. The lowest BCUT2D eigenvalue weighted by Gasteiger charge is -2.31. The maximum absolute atomic E-state index is 12.8. The number of aromatic amines is 1. The molecule has 8 nitrogen and oxygen atoms in total. The average Bonchev–Trinajstić information content (AvgIpc) is 3.14. The first-order valence-corrected chi connectivity index (χ1v) is 9.26. The third-order valence-electron chi connectivity index (χ3n) is 5.09. The lowest BCUT2D eigenvalue weighted by Crippen LogP contribution is -2.46. The minimum Gasteiger partial charge on any atom is -0.349 e. The van der Waals surface area contributed by atoms with Gasteiger partial charge < -0.3 is 10.2 Å². The normalized spacial score (nSPS) is 15.0. The van der Waals surface area contributed by atoms with Crippen LogP contribution in [0.2, 0.25) is 0 Å². The second-order valence-electron chi connectivity index (χ2n) is 6.95. The van der Waals surface area contributed by atoms with Gasteiger partial charge in [0.05, 0.1) is 5.69 Å². The number of carbonyl (C=O) groups excluding carboxylic acids is 2. The van der Waals surface area contributed by atoms with Crippen molar-refractivity contribution in [1.29, 1.82) is 0 Å². The van der Waals surface area contributed by atoms with Crippen molar-refractivity contribution in [2.75, 3.05) is 13.1 Å². The van der Waals surface area contributed by atoms with Crippen LogP contribution < -0.4 is 10.9 Å². The number of nitrogens with zero attached hydrogens (tertiary/aromatic N) is 3. The maximum Gasteiger partial charge on any atom is 0.273 e. The van der Waals surface area contributed by atoms with Crippen LogP contribution in [0.25, 0.3) is 16.9 Å². The lowest BCUT2D eigenvalue weighted by atomic mass is 10.0. The first-order valence-electron chi connectivity index (χ1n) is 9.26. The van der Waals surface area contributed by atoms with Crippen LogP contribution in [0.5, 0.6) is 0 Å². The van der Waals surface area contributed by atoms with Gasteiger partial charge in [0.15, 0.2) is 5.65 Å². The summed E-state index contributed by atoms with van der Waals surface area (Å²) in [5.74, 6) is -0.226. The highest BCUT2D eigenvalue weighted by atomic mass is 16.2. The van der Waals surface area contributed by atoms with Gasteiger partial charge in [-0.25, -0.2) is 9.50 Å². The highest BCUT2D eigenvalue weighted by Crippen LogP contribution is 2.17. The van der Waals surface area contributed by atoms with Crippen molar-refractivity contribution in [1.82, 2.24) is 24.8 Å². The smallest absolute Gasteiger partial charge is 0.273 e. The van der Waals surface area contributed by atoms with Gasteiger partial charge in [-0.05, 0) is 12.8 Å². The van der Waals surface area contributed by atoms with Crippen LogP contribution in [0.3, 0.4) is 0 Å². The predicted octanol–water partition coefficient (Wildman–Crippen LogP) is 1.43. The monoisotopic (exact) mass is 379 g/mol. The molecule has 0 aliphatic carbocycles. The number of piperidine rings is 1. The first-order chi connectivity index (χ1) is 13.5. The number of carbonyl (C=O) groups is 2. The van der Waals surface area contributed by atoms with E-state index in [0.29, 0.717) is 42.8 Å². The Labute approximate surface area is 161 Å². The Morgan fingerprint density at radius 3 is 2.57 bits per heavy atom. The van der Waals surface area contributed by atoms with E-state index in [-0.39, 0.29) is 23.4 Å². The fourth-order valence-corrected chi connectivity index (χ4v) is 3.51. The van der Waals surface area contributed by atoms with Crippen LogP contribution in [0, 0.1) is 0 Å². The SMILES string of the molecule is CC(=O)N1CCC(NC(=O)c2c[nH]n3c(=O)cc(-c4ccccc4)nc23)CC1. The van der Waals surface area contributed by atoms with E-state index >= 15 is 0 Å². The van der Waals surface area contributed by atoms with Gasteiger partial charge in [-0.2, -0.15) is 0 Å². The average molecular weight is 379 g/mol. The molecule has 0 spiro atoms. The number of nitrogens with one attached hydrogen (secondary N) is 2. The van der Waals surface area contributed by atoms with Gasteiger partial charge in [0, 0.05) is 43.9 Å². The minimum absolute atomic E-state index is 0.0120. The molecule has 2 aromatic heterocycles. The molecule has 3 aromatic rings. The number of H-pyrrole nitrogens is 1. The summed E-state index contributed by atoms with van der Waals surface area (Å²) in [4.78, 5) is 43.0. The van der Waals surface area contributed by atoms with Gasteiger partial charge in [0.2, 0.25) is 5.91 Å². The van der Waals surface area contributed by atoms with E-state index < -0.39 is 0 Å². The van der Waals surface area contributed by atoms with E-state index in [1.54, 1.807) is 11.8 Å². The molecule has 4 rings (SSSR count). The summed E-state index contributed by atoms with van der Waals surface area (Å²) in [5, 5.41) is 5.80. The topological polar surface area (TPSA) is 99.6 Å². The Bertz CT molecular complexity index is 1080. The molecule has 1 aromatic carbocycles. The molecule has 0 atom stereocenters. The molecule has 1 aliphatic heterocycles.